The molecule has 138 valence electrons. The number of thiazole rings is 1. The lowest BCUT2D eigenvalue weighted by molar-refractivity contribution is -0.122. The lowest BCUT2D eigenvalue weighted by atomic mass is 9.77. The van der Waals surface area contributed by atoms with Crippen LogP contribution in [0.1, 0.15) is 25.0 Å². The van der Waals surface area contributed by atoms with Gasteiger partial charge < -0.3 is 16.0 Å². The second kappa shape index (κ2) is 7.82. The first-order valence-corrected chi connectivity index (χ1v) is 10.2. The summed E-state index contributed by atoms with van der Waals surface area (Å²) in [4.78, 5) is 21.3. The number of nitrogens with one attached hydrogen (secondary N) is 3. The normalized spacial score (nSPS) is 21.8. The topological polar surface area (TPSA) is 78.9 Å². The van der Waals surface area contributed by atoms with Crippen LogP contribution >= 0.6 is 11.3 Å². The molecule has 2 aromatic rings. The SMILES string of the molecule is O=C(NCCc1csc(-c2cccnc2)n1)[C@@H]1CC2(CCNCC2)CN1. The lowest BCUT2D eigenvalue weighted by Crippen LogP contribution is -2.41. The van der Waals surface area contributed by atoms with Crippen molar-refractivity contribution in [1.82, 2.24) is 25.9 Å². The van der Waals surface area contributed by atoms with E-state index in [0.717, 1.165) is 48.7 Å². The number of pyridine rings is 1. The molecule has 1 atom stereocenters. The Balaban J connectivity index is 1.25. The van der Waals surface area contributed by atoms with Crippen LogP contribution in [0.3, 0.4) is 0 Å². The van der Waals surface area contributed by atoms with Crippen molar-refractivity contribution in [2.24, 2.45) is 5.41 Å². The predicted octanol–water partition coefficient (Wildman–Crippen LogP) is 1.60. The molecule has 2 fully saturated rings. The van der Waals surface area contributed by atoms with Crippen molar-refractivity contribution in [2.75, 3.05) is 26.2 Å². The molecular formula is C19H25N5OS. The molecule has 0 bridgehead atoms. The van der Waals surface area contributed by atoms with Crippen molar-refractivity contribution in [3.8, 4) is 10.6 Å². The number of hydrogen-bond donors (Lipinski definition) is 3. The Kier molecular flexibility index (Phi) is 5.28. The number of piperidine rings is 1. The summed E-state index contributed by atoms with van der Waals surface area (Å²) in [7, 11) is 0. The maximum atomic E-state index is 12.5. The largest absolute Gasteiger partial charge is 0.354 e. The Hall–Kier alpha value is -1.83. The van der Waals surface area contributed by atoms with Crippen LogP contribution < -0.4 is 16.0 Å². The molecule has 2 aliphatic rings. The first kappa shape index (κ1) is 17.6. The van der Waals surface area contributed by atoms with E-state index in [0.29, 0.717) is 12.0 Å². The summed E-state index contributed by atoms with van der Waals surface area (Å²) < 4.78 is 0. The highest BCUT2D eigenvalue weighted by atomic mass is 32.1. The van der Waals surface area contributed by atoms with Gasteiger partial charge in [0.05, 0.1) is 11.7 Å². The summed E-state index contributed by atoms with van der Waals surface area (Å²) in [6, 6.07) is 3.88. The van der Waals surface area contributed by atoms with E-state index in [-0.39, 0.29) is 11.9 Å². The van der Waals surface area contributed by atoms with E-state index in [4.69, 9.17) is 0 Å². The van der Waals surface area contributed by atoms with E-state index in [1.54, 1.807) is 17.5 Å². The molecular weight excluding hydrogens is 346 g/mol. The lowest BCUT2D eigenvalue weighted by Gasteiger charge is -2.33. The van der Waals surface area contributed by atoms with Crippen LogP contribution in [0.5, 0.6) is 0 Å². The Morgan fingerprint density at radius 3 is 3.08 bits per heavy atom. The quantitative estimate of drug-likeness (QED) is 0.744. The zero-order valence-electron chi connectivity index (χ0n) is 14.8. The average molecular weight is 372 g/mol. The molecule has 0 aliphatic carbocycles. The molecule has 3 N–H and O–H groups in total. The predicted molar refractivity (Wildman–Crippen MR) is 103 cm³/mol. The van der Waals surface area contributed by atoms with Gasteiger partial charge in [-0.2, -0.15) is 0 Å². The van der Waals surface area contributed by atoms with E-state index in [1.807, 2.05) is 18.3 Å². The van der Waals surface area contributed by atoms with Crippen molar-refractivity contribution >= 4 is 17.2 Å². The van der Waals surface area contributed by atoms with Gasteiger partial charge in [0, 0.05) is 42.8 Å². The molecule has 0 unspecified atom stereocenters. The third kappa shape index (κ3) is 3.95. The van der Waals surface area contributed by atoms with Gasteiger partial charge in [-0.1, -0.05) is 0 Å². The maximum absolute atomic E-state index is 12.5. The molecule has 0 aromatic carbocycles. The fourth-order valence-corrected chi connectivity index (χ4v) is 4.77. The van der Waals surface area contributed by atoms with Gasteiger partial charge in [-0.3, -0.25) is 9.78 Å². The zero-order chi connectivity index (χ0) is 17.8. The molecule has 7 heteroatoms. The molecule has 4 heterocycles. The molecule has 2 aliphatic heterocycles. The summed E-state index contributed by atoms with van der Waals surface area (Å²) in [6.45, 7) is 3.73. The minimum atomic E-state index is -0.0468. The maximum Gasteiger partial charge on any atom is 0.237 e. The summed E-state index contributed by atoms with van der Waals surface area (Å²) in [6.07, 6.45) is 7.64. The summed E-state index contributed by atoms with van der Waals surface area (Å²) in [5.74, 6) is 0.128. The first-order chi connectivity index (χ1) is 12.7. The number of rotatable bonds is 5. The first-order valence-electron chi connectivity index (χ1n) is 9.31. The molecule has 0 radical (unpaired) electrons. The van der Waals surface area contributed by atoms with Crippen LogP contribution in [0.2, 0.25) is 0 Å². The highest BCUT2D eigenvalue weighted by molar-refractivity contribution is 7.13. The van der Waals surface area contributed by atoms with E-state index < -0.39 is 0 Å². The van der Waals surface area contributed by atoms with Crippen molar-refractivity contribution in [3.63, 3.8) is 0 Å². The minimum Gasteiger partial charge on any atom is -0.354 e. The molecule has 1 amide bonds. The molecule has 2 saturated heterocycles. The van der Waals surface area contributed by atoms with Crippen LogP contribution in [0.4, 0.5) is 0 Å². The van der Waals surface area contributed by atoms with Crippen molar-refractivity contribution < 1.29 is 4.79 Å². The van der Waals surface area contributed by atoms with E-state index >= 15 is 0 Å². The third-order valence-electron chi connectivity index (χ3n) is 5.48. The minimum absolute atomic E-state index is 0.0468. The van der Waals surface area contributed by atoms with Crippen LogP contribution in [0, 0.1) is 5.41 Å². The van der Waals surface area contributed by atoms with Gasteiger partial charge >= 0.3 is 0 Å². The van der Waals surface area contributed by atoms with Gasteiger partial charge in [-0.15, -0.1) is 11.3 Å². The van der Waals surface area contributed by atoms with E-state index in [1.165, 1.54) is 12.8 Å². The van der Waals surface area contributed by atoms with Crippen LogP contribution in [-0.4, -0.2) is 48.1 Å². The second-order valence-electron chi connectivity index (χ2n) is 7.31. The summed E-state index contributed by atoms with van der Waals surface area (Å²) in [5.41, 5.74) is 2.37. The average Bonchev–Trinajstić information content (AvgIpc) is 3.31. The highest BCUT2D eigenvalue weighted by Gasteiger charge is 2.41. The number of nitrogens with zero attached hydrogens (tertiary/aromatic N) is 2. The number of hydrogen-bond acceptors (Lipinski definition) is 6. The monoisotopic (exact) mass is 371 g/mol. The van der Waals surface area contributed by atoms with Crippen LogP contribution in [0.15, 0.2) is 29.9 Å². The molecule has 4 rings (SSSR count). The molecule has 26 heavy (non-hydrogen) atoms. The van der Waals surface area contributed by atoms with Crippen LogP contribution in [-0.2, 0) is 11.2 Å². The van der Waals surface area contributed by atoms with Gasteiger partial charge in [0.25, 0.3) is 0 Å². The molecule has 0 saturated carbocycles. The Bertz CT molecular complexity index is 741. The number of aromatic nitrogens is 2. The van der Waals surface area contributed by atoms with Crippen molar-refractivity contribution in [2.45, 2.75) is 31.7 Å². The Morgan fingerprint density at radius 1 is 1.38 bits per heavy atom. The Labute approximate surface area is 157 Å². The van der Waals surface area contributed by atoms with Gasteiger partial charge in [0.2, 0.25) is 5.91 Å². The molecule has 1 spiro atoms. The van der Waals surface area contributed by atoms with E-state index in [2.05, 4.69) is 31.3 Å². The number of carbonyl (C=O) groups excluding carboxylic acids is 1. The highest BCUT2D eigenvalue weighted by Crippen LogP contribution is 2.37. The van der Waals surface area contributed by atoms with Gasteiger partial charge in [-0.25, -0.2) is 4.98 Å². The van der Waals surface area contributed by atoms with E-state index in [9.17, 15) is 4.79 Å². The van der Waals surface area contributed by atoms with Crippen molar-refractivity contribution in [3.05, 3.63) is 35.6 Å². The Morgan fingerprint density at radius 2 is 2.27 bits per heavy atom. The van der Waals surface area contributed by atoms with Gasteiger partial charge in [0.1, 0.15) is 5.01 Å². The fraction of sp³-hybridized carbons (Fsp3) is 0.526. The summed E-state index contributed by atoms with van der Waals surface area (Å²) in [5, 5.41) is 13.0. The molecule has 2 aromatic heterocycles. The summed E-state index contributed by atoms with van der Waals surface area (Å²) >= 11 is 1.62. The van der Waals surface area contributed by atoms with Crippen molar-refractivity contribution in [1.29, 1.82) is 0 Å². The zero-order valence-corrected chi connectivity index (χ0v) is 15.6. The second-order valence-corrected chi connectivity index (χ2v) is 8.17. The molecule has 6 nitrogen and oxygen atoms in total. The third-order valence-corrected chi connectivity index (χ3v) is 6.42. The standard InChI is InChI=1S/C19H25N5OS/c25-17(16-10-19(13-23-16)4-8-20-9-5-19)22-7-3-15-12-26-18(24-15)14-2-1-6-21-11-14/h1-2,6,11-12,16,20,23H,3-5,7-10,13H2,(H,22,25)/t16-/m0/s1. The van der Waals surface area contributed by atoms with Crippen LogP contribution in [0.25, 0.3) is 10.6 Å². The fourth-order valence-electron chi connectivity index (χ4n) is 3.92. The van der Waals surface area contributed by atoms with Gasteiger partial charge in [-0.05, 0) is 49.9 Å². The number of carbonyl (C=O) groups is 1. The number of amides is 1. The van der Waals surface area contributed by atoms with Gasteiger partial charge in [0.15, 0.2) is 0 Å². The smallest absolute Gasteiger partial charge is 0.237 e.